The molecule has 8 aromatic heterocycles. The summed E-state index contributed by atoms with van der Waals surface area (Å²) in [7, 11) is 0. The van der Waals surface area contributed by atoms with E-state index in [9.17, 15) is 26.3 Å². The molecule has 2 aliphatic rings. The van der Waals surface area contributed by atoms with Crippen molar-refractivity contribution in [1.29, 1.82) is 0 Å². The lowest BCUT2D eigenvalue weighted by Crippen LogP contribution is -2.44. The molecule has 3 N–H and O–H groups in total. The molecule has 0 atom stereocenters. The minimum Gasteiger partial charge on any atom is -0.477 e. The van der Waals surface area contributed by atoms with Gasteiger partial charge < -0.3 is 29.9 Å². The van der Waals surface area contributed by atoms with Gasteiger partial charge in [0, 0.05) is 91.8 Å². The van der Waals surface area contributed by atoms with Crippen LogP contribution in [0.2, 0.25) is 0 Å². The molecular weight excluding hydrogens is 1130 g/mol. The largest absolute Gasteiger partial charge is 0.477 e. The third kappa shape index (κ3) is 11.3. The normalized spacial score (nSPS) is 14.3. The van der Waals surface area contributed by atoms with Crippen LogP contribution < -0.4 is 29.9 Å². The Kier molecular flexibility index (Phi) is 15.3. The van der Waals surface area contributed by atoms with Crippen molar-refractivity contribution in [3.63, 3.8) is 0 Å². The lowest BCUT2D eigenvalue weighted by molar-refractivity contribution is -0.137. The smallest absolute Gasteiger partial charge is 0.417 e. The van der Waals surface area contributed by atoms with Crippen molar-refractivity contribution < 1.29 is 35.8 Å². The molecule has 0 bridgehead atoms. The van der Waals surface area contributed by atoms with Gasteiger partial charge >= 0.3 is 12.4 Å². The van der Waals surface area contributed by atoms with Crippen molar-refractivity contribution in [3.8, 4) is 40.0 Å². The van der Waals surface area contributed by atoms with Crippen LogP contribution in [0.4, 0.5) is 38.2 Å². The number of hydrogen-bond donors (Lipinski definition) is 3. The molecule has 2 saturated heterocycles. The first kappa shape index (κ1) is 51.7. The van der Waals surface area contributed by atoms with E-state index >= 15 is 0 Å². The number of aromatic nitrogens is 10. The van der Waals surface area contributed by atoms with Crippen molar-refractivity contribution in [2.45, 2.75) is 26.2 Å². The molecule has 388 valence electrons. The van der Waals surface area contributed by atoms with Gasteiger partial charge in [-0.15, -0.1) is 22.7 Å². The standard InChI is InChI=1S/C25H22F3N7OS.C22H19F3IN5OS.C3H4N2/c1-2-36-22-21-20(32-24(33-22)34-12-9-29-10-13-34)19-17(25(26,27)28)14-18(31-23(19)37-21)15-4-6-16(7-5-15)35-11-3-8-30-35;1-2-32-19-18-17(29-21(30-19)31-9-7-27-8-10-31)16-14(22(23,24)25)11-15(28-20(16)33-18)12-3-5-13(26)6-4-12;1-2-4-5-3-1/h3-8,11,14,29H,2,9-10,12-13H2,1H3;3-6,11,27H,2,7-10H2,1H3;1-3H,(H,4,5). The maximum Gasteiger partial charge on any atom is 0.417 e. The van der Waals surface area contributed by atoms with Gasteiger partial charge in [0.05, 0.1) is 52.2 Å². The Balaban J connectivity index is 0.000000157. The van der Waals surface area contributed by atoms with Crippen molar-refractivity contribution in [2.24, 2.45) is 0 Å². The molecule has 0 amide bonds. The van der Waals surface area contributed by atoms with E-state index in [1.807, 2.05) is 41.8 Å². The number of ether oxygens (including phenoxy) is 2. The topological polar surface area (TPSA) is 173 Å². The van der Waals surface area contributed by atoms with Gasteiger partial charge in [-0.2, -0.15) is 46.5 Å². The first-order chi connectivity index (χ1) is 36.3. The van der Waals surface area contributed by atoms with E-state index in [0.29, 0.717) is 77.7 Å². The number of pyridine rings is 2. The summed E-state index contributed by atoms with van der Waals surface area (Å²) in [4.78, 5) is 32.0. The van der Waals surface area contributed by atoms with Crippen LogP contribution in [0.5, 0.6) is 11.8 Å². The predicted octanol–water partition coefficient (Wildman–Crippen LogP) is 10.7. The summed E-state index contributed by atoms with van der Waals surface area (Å²) < 4.78 is 101. The van der Waals surface area contributed by atoms with Crippen LogP contribution in [0.1, 0.15) is 25.0 Å². The summed E-state index contributed by atoms with van der Waals surface area (Å²) in [6.07, 6.45) is -2.26. The molecule has 0 aliphatic carbocycles. The lowest BCUT2D eigenvalue weighted by atomic mass is 10.1. The molecule has 25 heteroatoms. The van der Waals surface area contributed by atoms with Crippen LogP contribution >= 0.6 is 45.3 Å². The highest BCUT2D eigenvalue weighted by molar-refractivity contribution is 14.1. The molecule has 0 saturated carbocycles. The fraction of sp³-hybridized carbons (Fsp3) is 0.280. The summed E-state index contributed by atoms with van der Waals surface area (Å²) in [5.41, 5.74) is 1.41. The molecule has 10 heterocycles. The van der Waals surface area contributed by atoms with E-state index in [1.54, 1.807) is 71.9 Å². The molecule has 2 aromatic carbocycles. The first-order valence-electron chi connectivity index (χ1n) is 23.7. The van der Waals surface area contributed by atoms with Crippen LogP contribution in [0.15, 0.2) is 97.6 Å². The van der Waals surface area contributed by atoms with Gasteiger partial charge in [0.25, 0.3) is 0 Å². The molecule has 2 aliphatic heterocycles. The minimum absolute atomic E-state index is 0.00324. The number of nitrogens with zero attached hydrogens (tertiary/aromatic N) is 11. The highest BCUT2D eigenvalue weighted by Gasteiger charge is 2.38. The van der Waals surface area contributed by atoms with Crippen molar-refractivity contribution in [3.05, 3.63) is 112 Å². The number of anilines is 2. The molecule has 12 rings (SSSR count). The van der Waals surface area contributed by atoms with Gasteiger partial charge in [-0.05, 0) is 85.0 Å². The number of hydrogen-bond acceptors (Lipinski definition) is 16. The number of aromatic amines is 1. The summed E-state index contributed by atoms with van der Waals surface area (Å²) in [5.74, 6) is 1.32. The zero-order chi connectivity index (χ0) is 52.3. The molecule has 2 fully saturated rings. The van der Waals surface area contributed by atoms with Gasteiger partial charge in [-0.3, -0.25) is 5.10 Å². The number of halogens is 7. The number of benzene rings is 2. The summed E-state index contributed by atoms with van der Waals surface area (Å²) in [6, 6.07) is 20.2. The zero-order valence-electron chi connectivity index (χ0n) is 40.0. The lowest BCUT2D eigenvalue weighted by Gasteiger charge is -2.27. The van der Waals surface area contributed by atoms with E-state index in [0.717, 1.165) is 70.2 Å². The van der Waals surface area contributed by atoms with Crippen LogP contribution in [-0.2, 0) is 12.4 Å². The fourth-order valence-corrected chi connectivity index (χ4v) is 11.0. The minimum atomic E-state index is -4.61. The van der Waals surface area contributed by atoms with E-state index in [4.69, 9.17) is 9.47 Å². The van der Waals surface area contributed by atoms with Gasteiger partial charge in [0.2, 0.25) is 23.7 Å². The Hall–Kier alpha value is -6.81. The molecule has 75 heavy (non-hydrogen) atoms. The Bertz CT molecular complexity index is 3530. The molecular formula is C50H45F6IN14O2S2. The zero-order valence-corrected chi connectivity index (χ0v) is 43.8. The Morgan fingerprint density at radius 2 is 1.09 bits per heavy atom. The number of fused-ring (bicyclic) bond motifs is 6. The summed E-state index contributed by atoms with van der Waals surface area (Å²) in [6.45, 7) is 9.95. The van der Waals surface area contributed by atoms with Crippen LogP contribution in [0.3, 0.4) is 0 Å². The fourth-order valence-electron chi connectivity index (χ4n) is 8.47. The molecule has 10 aromatic rings. The Morgan fingerprint density at radius 1 is 0.613 bits per heavy atom. The van der Waals surface area contributed by atoms with E-state index in [2.05, 4.69) is 78.4 Å². The number of nitrogens with one attached hydrogen (secondary N) is 3. The molecule has 16 nitrogen and oxygen atoms in total. The van der Waals surface area contributed by atoms with Crippen LogP contribution in [0, 0.1) is 3.57 Å². The average molecular weight is 1180 g/mol. The second-order valence-corrected chi connectivity index (χ2v) is 20.0. The highest BCUT2D eigenvalue weighted by atomic mass is 127. The number of H-pyrrole nitrogens is 1. The number of thiophene rings is 2. The number of piperazine rings is 2. The third-order valence-electron chi connectivity index (χ3n) is 11.9. The van der Waals surface area contributed by atoms with Gasteiger partial charge in [0.1, 0.15) is 30.1 Å². The maximum atomic E-state index is 14.4. The Labute approximate surface area is 445 Å². The number of rotatable bonds is 9. The first-order valence-corrected chi connectivity index (χ1v) is 26.4. The second kappa shape index (κ2) is 22.2. The van der Waals surface area contributed by atoms with Crippen molar-refractivity contribution >= 4 is 98.0 Å². The molecule has 0 spiro atoms. The highest BCUT2D eigenvalue weighted by Crippen LogP contribution is 2.47. The quantitative estimate of drug-likeness (QED) is 0.0920. The number of alkyl halides is 6. The van der Waals surface area contributed by atoms with Crippen molar-refractivity contribution in [2.75, 3.05) is 75.4 Å². The van der Waals surface area contributed by atoms with Gasteiger partial charge in [-0.1, -0.05) is 24.3 Å². The van der Waals surface area contributed by atoms with E-state index in [-0.39, 0.29) is 48.7 Å². The monoisotopic (exact) mass is 1180 g/mol. The molecule has 0 unspecified atom stereocenters. The SMILES string of the molecule is CCOc1nc(N2CCNCC2)nc2c1sc1nc(-c3ccc(-n4cccn4)cc3)cc(C(F)(F)F)c12.CCOc1nc(N2CCNCC2)nc2c1sc1nc(-c3ccc(I)cc3)cc(C(F)(F)F)c12.c1cn[nH]c1. The van der Waals surface area contributed by atoms with Crippen LogP contribution in [0.25, 0.3) is 69.1 Å². The summed E-state index contributed by atoms with van der Waals surface area (Å²) in [5, 5.41) is 16.9. The summed E-state index contributed by atoms with van der Waals surface area (Å²) >= 11 is 4.41. The molecule has 0 radical (unpaired) electrons. The average Bonchev–Trinajstić information content (AvgIpc) is 4.30. The van der Waals surface area contributed by atoms with Crippen molar-refractivity contribution in [1.82, 2.24) is 60.5 Å². The Morgan fingerprint density at radius 3 is 1.48 bits per heavy atom. The predicted molar refractivity (Wildman–Crippen MR) is 287 cm³/mol. The van der Waals surface area contributed by atoms with E-state index < -0.39 is 23.5 Å². The van der Waals surface area contributed by atoms with Gasteiger partial charge in [-0.25, -0.2) is 24.6 Å². The third-order valence-corrected chi connectivity index (χ3v) is 14.8. The maximum absolute atomic E-state index is 14.4. The van der Waals surface area contributed by atoms with E-state index in [1.165, 1.54) is 0 Å². The van der Waals surface area contributed by atoms with Gasteiger partial charge in [0.15, 0.2) is 0 Å². The second-order valence-electron chi connectivity index (χ2n) is 16.8. The van der Waals surface area contributed by atoms with Crippen LogP contribution in [-0.4, -0.2) is 115 Å².